The smallest absolute Gasteiger partial charge is 0.257 e. The van der Waals surface area contributed by atoms with E-state index in [0.29, 0.717) is 22.9 Å². The lowest BCUT2D eigenvalue weighted by molar-refractivity contribution is 0.101. The first-order valence-corrected chi connectivity index (χ1v) is 7.26. The minimum absolute atomic E-state index is 0.000859. The van der Waals surface area contributed by atoms with Crippen LogP contribution in [0.25, 0.3) is 0 Å². The van der Waals surface area contributed by atoms with E-state index in [1.54, 1.807) is 36.5 Å². The van der Waals surface area contributed by atoms with Crippen molar-refractivity contribution in [3.05, 3.63) is 53.9 Å². The van der Waals surface area contributed by atoms with E-state index < -0.39 is 0 Å². The first-order valence-electron chi connectivity index (χ1n) is 7.26. The van der Waals surface area contributed by atoms with E-state index in [1.807, 2.05) is 0 Å². The molecular weight excluding hydrogens is 278 g/mol. The van der Waals surface area contributed by atoms with Crippen LogP contribution in [-0.4, -0.2) is 22.7 Å². The molecule has 0 aliphatic heterocycles. The number of benzene rings is 1. The molecule has 0 spiro atoms. The third-order valence-electron chi connectivity index (χ3n) is 3.50. The Balaban J connectivity index is 1.69. The Morgan fingerprint density at radius 3 is 2.41 bits per heavy atom. The van der Waals surface area contributed by atoms with Gasteiger partial charge in [0.1, 0.15) is 0 Å². The van der Waals surface area contributed by atoms with E-state index in [9.17, 15) is 9.59 Å². The lowest BCUT2D eigenvalue weighted by Gasteiger charge is -2.08. The van der Waals surface area contributed by atoms with Gasteiger partial charge in [0, 0.05) is 29.7 Å². The number of carbonyl (C=O) groups is 2. The van der Waals surface area contributed by atoms with Crippen molar-refractivity contribution >= 4 is 23.1 Å². The highest BCUT2D eigenvalue weighted by Crippen LogP contribution is 2.24. The number of hydrogen-bond donors (Lipinski definition) is 2. The Kier molecular flexibility index (Phi) is 3.87. The van der Waals surface area contributed by atoms with Crippen molar-refractivity contribution in [3.8, 4) is 0 Å². The summed E-state index contributed by atoms with van der Waals surface area (Å²) < 4.78 is 0. The van der Waals surface area contributed by atoms with Crippen LogP contribution in [0.5, 0.6) is 0 Å². The Morgan fingerprint density at radius 1 is 1.05 bits per heavy atom. The molecule has 5 heteroatoms. The zero-order valence-corrected chi connectivity index (χ0v) is 12.3. The second-order valence-corrected chi connectivity index (χ2v) is 5.47. The number of nitrogens with zero attached hydrogens (tertiary/aromatic N) is 1. The molecule has 0 atom stereocenters. The molecule has 112 valence electrons. The average molecular weight is 295 g/mol. The molecule has 1 aromatic heterocycles. The quantitative estimate of drug-likeness (QED) is 0.831. The molecule has 22 heavy (non-hydrogen) atoms. The predicted molar refractivity (Wildman–Crippen MR) is 85.3 cm³/mol. The lowest BCUT2D eigenvalue weighted by atomic mass is 10.1. The molecule has 5 nitrogen and oxygen atoms in total. The average Bonchev–Trinajstić information content (AvgIpc) is 3.32. The van der Waals surface area contributed by atoms with Gasteiger partial charge in [-0.05, 0) is 50.1 Å². The van der Waals surface area contributed by atoms with Crippen LogP contribution in [0, 0.1) is 0 Å². The second-order valence-electron chi connectivity index (χ2n) is 5.47. The van der Waals surface area contributed by atoms with Crippen molar-refractivity contribution in [2.24, 2.45) is 0 Å². The van der Waals surface area contributed by atoms with Crippen molar-refractivity contribution in [1.82, 2.24) is 4.98 Å². The number of pyridine rings is 1. The number of hydrogen-bond acceptors (Lipinski definition) is 4. The van der Waals surface area contributed by atoms with Gasteiger partial charge < -0.3 is 10.6 Å². The Bertz CT molecular complexity index is 706. The van der Waals surface area contributed by atoms with E-state index in [2.05, 4.69) is 15.6 Å². The van der Waals surface area contributed by atoms with Crippen LogP contribution in [-0.2, 0) is 0 Å². The fourth-order valence-electron chi connectivity index (χ4n) is 2.10. The van der Waals surface area contributed by atoms with Crippen LogP contribution in [0.3, 0.4) is 0 Å². The first kappa shape index (κ1) is 14.3. The minimum Gasteiger partial charge on any atom is -0.381 e. The van der Waals surface area contributed by atoms with Crippen LogP contribution in [0.1, 0.15) is 40.5 Å². The monoisotopic (exact) mass is 295 g/mol. The Hall–Kier alpha value is -2.69. The summed E-state index contributed by atoms with van der Waals surface area (Å²) in [7, 11) is 0. The van der Waals surface area contributed by atoms with Crippen LogP contribution >= 0.6 is 0 Å². The predicted octanol–water partition coefficient (Wildman–Crippen LogP) is 3.11. The normalized spacial score (nSPS) is 13.5. The number of ketones is 1. The van der Waals surface area contributed by atoms with Crippen LogP contribution in [0.4, 0.5) is 11.4 Å². The van der Waals surface area contributed by atoms with Crippen LogP contribution in [0.2, 0.25) is 0 Å². The van der Waals surface area contributed by atoms with Crippen molar-refractivity contribution in [3.63, 3.8) is 0 Å². The second kappa shape index (κ2) is 5.97. The molecule has 1 aromatic carbocycles. The fourth-order valence-corrected chi connectivity index (χ4v) is 2.10. The largest absolute Gasteiger partial charge is 0.381 e. The molecule has 3 rings (SSSR count). The van der Waals surface area contributed by atoms with E-state index in [0.717, 1.165) is 5.69 Å². The molecule has 1 heterocycles. The van der Waals surface area contributed by atoms with E-state index in [1.165, 1.54) is 26.0 Å². The first-order chi connectivity index (χ1) is 10.6. The zero-order chi connectivity index (χ0) is 15.5. The topological polar surface area (TPSA) is 71.1 Å². The molecule has 1 aliphatic rings. The van der Waals surface area contributed by atoms with Gasteiger partial charge in [-0.1, -0.05) is 0 Å². The summed E-state index contributed by atoms with van der Waals surface area (Å²) in [5.74, 6) is -0.219. The summed E-state index contributed by atoms with van der Waals surface area (Å²) in [6.07, 6.45) is 5.59. The molecule has 1 aliphatic carbocycles. The standard InChI is InChI=1S/C17H17N3O2/c1-11(21)12-2-4-15(5-3-12)20-17(22)13-8-16(10-18-9-13)19-14-6-7-14/h2-5,8-10,14,19H,6-7H2,1H3,(H,20,22). The summed E-state index contributed by atoms with van der Waals surface area (Å²) in [5, 5.41) is 6.12. The van der Waals surface area contributed by atoms with Gasteiger partial charge in [0.25, 0.3) is 5.91 Å². The van der Waals surface area contributed by atoms with Gasteiger partial charge in [-0.2, -0.15) is 0 Å². The van der Waals surface area contributed by atoms with Crippen LogP contribution < -0.4 is 10.6 Å². The van der Waals surface area contributed by atoms with Gasteiger partial charge in [0.2, 0.25) is 0 Å². The summed E-state index contributed by atoms with van der Waals surface area (Å²) in [6.45, 7) is 1.51. The number of nitrogens with one attached hydrogen (secondary N) is 2. The molecule has 0 saturated heterocycles. The van der Waals surface area contributed by atoms with E-state index in [4.69, 9.17) is 0 Å². The lowest BCUT2D eigenvalue weighted by Crippen LogP contribution is -2.13. The molecular formula is C17H17N3O2. The molecule has 0 unspecified atom stereocenters. The summed E-state index contributed by atoms with van der Waals surface area (Å²) in [4.78, 5) is 27.6. The third kappa shape index (κ3) is 3.49. The van der Waals surface area contributed by atoms with Crippen molar-refractivity contribution < 1.29 is 9.59 Å². The molecule has 1 saturated carbocycles. The van der Waals surface area contributed by atoms with E-state index >= 15 is 0 Å². The highest BCUT2D eigenvalue weighted by molar-refractivity contribution is 6.04. The molecule has 2 N–H and O–H groups in total. The van der Waals surface area contributed by atoms with Gasteiger partial charge in [0.15, 0.2) is 5.78 Å². The number of carbonyl (C=O) groups excluding carboxylic acids is 2. The molecule has 1 fully saturated rings. The molecule has 0 bridgehead atoms. The van der Waals surface area contributed by atoms with Crippen molar-refractivity contribution in [1.29, 1.82) is 0 Å². The summed E-state index contributed by atoms with van der Waals surface area (Å²) in [5.41, 5.74) is 2.63. The highest BCUT2D eigenvalue weighted by Gasteiger charge is 2.21. The molecule has 2 aromatic rings. The SMILES string of the molecule is CC(=O)c1ccc(NC(=O)c2cncc(NC3CC3)c2)cc1. The van der Waals surface area contributed by atoms with Gasteiger partial charge in [-0.25, -0.2) is 0 Å². The number of amides is 1. The fraction of sp³-hybridized carbons (Fsp3) is 0.235. The Labute approximate surface area is 128 Å². The van der Waals surface area contributed by atoms with Crippen molar-refractivity contribution in [2.75, 3.05) is 10.6 Å². The summed E-state index contributed by atoms with van der Waals surface area (Å²) >= 11 is 0. The Morgan fingerprint density at radius 2 is 1.77 bits per heavy atom. The van der Waals surface area contributed by atoms with Crippen LogP contribution in [0.15, 0.2) is 42.7 Å². The molecule has 1 amide bonds. The van der Waals surface area contributed by atoms with Gasteiger partial charge in [-0.3, -0.25) is 14.6 Å². The number of rotatable bonds is 5. The zero-order valence-electron chi connectivity index (χ0n) is 12.3. The van der Waals surface area contributed by atoms with Crippen molar-refractivity contribution in [2.45, 2.75) is 25.8 Å². The van der Waals surface area contributed by atoms with Gasteiger partial charge >= 0.3 is 0 Å². The third-order valence-corrected chi connectivity index (χ3v) is 3.50. The maximum absolute atomic E-state index is 12.2. The number of Topliss-reactive ketones (excluding diaryl/α,β-unsaturated/α-hetero) is 1. The summed E-state index contributed by atoms with van der Waals surface area (Å²) in [6, 6.07) is 9.13. The van der Waals surface area contributed by atoms with Gasteiger partial charge in [0.05, 0.1) is 11.3 Å². The van der Waals surface area contributed by atoms with Gasteiger partial charge in [-0.15, -0.1) is 0 Å². The number of aromatic nitrogens is 1. The van der Waals surface area contributed by atoms with E-state index in [-0.39, 0.29) is 11.7 Å². The minimum atomic E-state index is -0.220. The highest BCUT2D eigenvalue weighted by atomic mass is 16.1. The maximum Gasteiger partial charge on any atom is 0.257 e. The maximum atomic E-state index is 12.2. The number of anilines is 2. The molecule has 0 radical (unpaired) electrons.